The van der Waals surface area contributed by atoms with Crippen LogP contribution in [0.25, 0.3) is 16.9 Å². The molecule has 3 aromatic rings. The number of nitrogens with zero attached hydrogens (tertiary/aromatic N) is 3. The summed E-state index contributed by atoms with van der Waals surface area (Å²) in [6.45, 7) is 1.90. The number of pyridine rings is 1. The van der Waals surface area contributed by atoms with Crippen molar-refractivity contribution in [1.29, 1.82) is 0 Å². The van der Waals surface area contributed by atoms with Crippen LogP contribution < -0.4 is 4.74 Å². The maximum atomic E-state index is 6.28. The summed E-state index contributed by atoms with van der Waals surface area (Å²) in [7, 11) is 1.64. The van der Waals surface area contributed by atoms with Crippen molar-refractivity contribution in [3.8, 4) is 11.4 Å². The number of hydrogen-bond acceptors (Lipinski definition) is 3. The molecule has 0 radical (unpaired) electrons. The van der Waals surface area contributed by atoms with Gasteiger partial charge in [0, 0.05) is 6.20 Å². The van der Waals surface area contributed by atoms with Gasteiger partial charge in [-0.2, -0.15) is 0 Å². The van der Waals surface area contributed by atoms with E-state index in [2.05, 4.69) is 25.9 Å². The van der Waals surface area contributed by atoms with E-state index in [4.69, 9.17) is 16.3 Å². The van der Waals surface area contributed by atoms with Crippen molar-refractivity contribution in [3.05, 3.63) is 46.8 Å². The molecule has 21 heavy (non-hydrogen) atoms. The molecule has 0 amide bonds. The van der Waals surface area contributed by atoms with E-state index in [1.54, 1.807) is 13.3 Å². The third-order valence-corrected chi connectivity index (χ3v) is 4.01. The van der Waals surface area contributed by atoms with Gasteiger partial charge in [-0.15, -0.1) is 11.6 Å². The summed E-state index contributed by atoms with van der Waals surface area (Å²) in [6.07, 6.45) is 1.75. The fourth-order valence-electron chi connectivity index (χ4n) is 2.25. The molecule has 1 aromatic carbocycles. The second-order valence-corrected chi connectivity index (χ2v) is 6.10. The highest BCUT2D eigenvalue weighted by molar-refractivity contribution is 9.10. The minimum atomic E-state index is -0.222. The van der Waals surface area contributed by atoms with Gasteiger partial charge in [0.15, 0.2) is 5.65 Å². The number of aromatic nitrogens is 3. The van der Waals surface area contributed by atoms with E-state index < -0.39 is 0 Å². The molecular formula is C15H13BrClN3O. The van der Waals surface area contributed by atoms with Gasteiger partial charge in [-0.05, 0) is 53.2 Å². The molecule has 0 aliphatic rings. The number of hydrogen-bond donors (Lipinski definition) is 0. The summed E-state index contributed by atoms with van der Waals surface area (Å²) in [6, 6.07) is 9.63. The molecule has 0 saturated carbocycles. The fourth-order valence-corrected chi connectivity index (χ4v) is 2.92. The zero-order chi connectivity index (χ0) is 15.0. The normalized spacial score (nSPS) is 12.6. The van der Waals surface area contributed by atoms with Crippen LogP contribution in [0, 0.1) is 0 Å². The van der Waals surface area contributed by atoms with Crippen molar-refractivity contribution >= 4 is 38.7 Å². The number of benzene rings is 1. The second kappa shape index (κ2) is 5.66. The van der Waals surface area contributed by atoms with Crippen LogP contribution in [0.1, 0.15) is 18.1 Å². The summed E-state index contributed by atoms with van der Waals surface area (Å²) in [5.74, 6) is 1.54. The standard InChI is InChI=1S/C15H13BrClN3O/c1-9(17)14-19-12-4-3-7-18-15(12)20(14)10-5-6-13(21-2)11(16)8-10/h3-9H,1-2H3. The summed E-state index contributed by atoms with van der Waals surface area (Å²) < 4.78 is 8.11. The molecule has 1 unspecified atom stereocenters. The van der Waals surface area contributed by atoms with E-state index in [9.17, 15) is 0 Å². The van der Waals surface area contributed by atoms with Gasteiger partial charge in [-0.1, -0.05) is 0 Å². The van der Waals surface area contributed by atoms with E-state index in [0.717, 1.165) is 32.9 Å². The molecule has 2 heterocycles. The lowest BCUT2D eigenvalue weighted by molar-refractivity contribution is 0.412. The van der Waals surface area contributed by atoms with Crippen molar-refractivity contribution in [2.75, 3.05) is 7.11 Å². The molecule has 0 N–H and O–H groups in total. The van der Waals surface area contributed by atoms with Crippen LogP contribution in [0.15, 0.2) is 41.0 Å². The van der Waals surface area contributed by atoms with Crippen LogP contribution in [0.4, 0.5) is 0 Å². The van der Waals surface area contributed by atoms with Crippen molar-refractivity contribution in [1.82, 2.24) is 14.5 Å². The predicted molar refractivity (Wildman–Crippen MR) is 87.4 cm³/mol. The molecule has 4 nitrogen and oxygen atoms in total. The highest BCUT2D eigenvalue weighted by atomic mass is 79.9. The molecule has 0 aliphatic carbocycles. The average Bonchev–Trinajstić information content (AvgIpc) is 2.86. The van der Waals surface area contributed by atoms with E-state index in [1.807, 2.05) is 41.8 Å². The Kier molecular flexibility index (Phi) is 3.87. The zero-order valence-corrected chi connectivity index (χ0v) is 13.9. The van der Waals surface area contributed by atoms with Gasteiger partial charge in [0.1, 0.15) is 17.1 Å². The average molecular weight is 367 g/mol. The quantitative estimate of drug-likeness (QED) is 0.641. The molecule has 0 fully saturated rings. The molecule has 0 bridgehead atoms. The second-order valence-electron chi connectivity index (χ2n) is 4.59. The first-order valence-corrected chi connectivity index (χ1v) is 7.66. The lowest BCUT2D eigenvalue weighted by atomic mass is 10.3. The highest BCUT2D eigenvalue weighted by Gasteiger charge is 2.17. The predicted octanol–water partition coefficient (Wildman–Crippen LogP) is 4.49. The van der Waals surface area contributed by atoms with E-state index in [-0.39, 0.29) is 5.38 Å². The van der Waals surface area contributed by atoms with E-state index >= 15 is 0 Å². The number of imidazole rings is 1. The molecule has 1 atom stereocenters. The highest BCUT2D eigenvalue weighted by Crippen LogP contribution is 2.31. The van der Waals surface area contributed by atoms with Gasteiger partial charge in [-0.25, -0.2) is 9.97 Å². The molecule has 6 heteroatoms. The van der Waals surface area contributed by atoms with E-state index in [0.29, 0.717) is 0 Å². The Bertz CT molecular complexity index is 801. The van der Waals surface area contributed by atoms with E-state index in [1.165, 1.54) is 0 Å². The number of fused-ring (bicyclic) bond motifs is 1. The van der Waals surface area contributed by atoms with Crippen LogP contribution in [0.2, 0.25) is 0 Å². The van der Waals surface area contributed by atoms with Crippen molar-refractivity contribution in [3.63, 3.8) is 0 Å². The monoisotopic (exact) mass is 365 g/mol. The van der Waals surface area contributed by atoms with Crippen molar-refractivity contribution < 1.29 is 4.74 Å². The molecule has 0 aliphatic heterocycles. The number of methoxy groups -OCH3 is 1. The maximum Gasteiger partial charge on any atom is 0.164 e. The molecule has 3 rings (SSSR count). The van der Waals surface area contributed by atoms with Crippen molar-refractivity contribution in [2.24, 2.45) is 0 Å². The van der Waals surface area contributed by atoms with Gasteiger partial charge in [0.2, 0.25) is 0 Å². The maximum absolute atomic E-state index is 6.28. The summed E-state index contributed by atoms with van der Waals surface area (Å²) in [5, 5.41) is -0.222. The smallest absolute Gasteiger partial charge is 0.164 e. The van der Waals surface area contributed by atoms with Crippen LogP contribution in [0.5, 0.6) is 5.75 Å². The lowest BCUT2D eigenvalue weighted by Crippen LogP contribution is -2.03. The van der Waals surface area contributed by atoms with Crippen molar-refractivity contribution in [2.45, 2.75) is 12.3 Å². The number of alkyl halides is 1. The third-order valence-electron chi connectivity index (χ3n) is 3.19. The van der Waals surface area contributed by atoms with Gasteiger partial charge in [-0.3, -0.25) is 4.57 Å². The molecule has 2 aromatic heterocycles. The molecule has 108 valence electrons. The summed E-state index contributed by atoms with van der Waals surface area (Å²) >= 11 is 9.79. The van der Waals surface area contributed by atoms with Gasteiger partial charge in [0.25, 0.3) is 0 Å². The number of halogens is 2. The molecule has 0 spiro atoms. The summed E-state index contributed by atoms with van der Waals surface area (Å²) in [5.41, 5.74) is 2.55. The van der Waals surface area contributed by atoms with Crippen LogP contribution in [-0.4, -0.2) is 21.6 Å². The number of rotatable bonds is 3. The first kappa shape index (κ1) is 14.4. The molecular weight excluding hydrogens is 354 g/mol. The van der Waals surface area contributed by atoms with Crippen LogP contribution >= 0.6 is 27.5 Å². The zero-order valence-electron chi connectivity index (χ0n) is 11.5. The Morgan fingerprint density at radius 2 is 2.14 bits per heavy atom. The Labute approximate surface area is 135 Å². The lowest BCUT2D eigenvalue weighted by Gasteiger charge is -2.12. The van der Waals surface area contributed by atoms with Gasteiger partial charge >= 0.3 is 0 Å². The Morgan fingerprint density at radius 3 is 2.81 bits per heavy atom. The Balaban J connectivity index is 2.27. The van der Waals surface area contributed by atoms with Gasteiger partial charge in [0.05, 0.1) is 22.6 Å². The minimum absolute atomic E-state index is 0.222. The fraction of sp³-hybridized carbons (Fsp3) is 0.200. The van der Waals surface area contributed by atoms with Gasteiger partial charge < -0.3 is 4.74 Å². The Morgan fingerprint density at radius 1 is 1.33 bits per heavy atom. The summed E-state index contributed by atoms with van der Waals surface area (Å²) in [4.78, 5) is 9.01. The SMILES string of the molecule is COc1ccc(-n2c(C(C)Cl)nc3cccnc32)cc1Br. The number of ether oxygens (including phenoxy) is 1. The first-order chi connectivity index (χ1) is 10.1. The first-order valence-electron chi connectivity index (χ1n) is 6.43. The Hall–Kier alpha value is -1.59. The largest absolute Gasteiger partial charge is 0.496 e. The van der Waals surface area contributed by atoms with Crippen LogP contribution in [0.3, 0.4) is 0 Å². The van der Waals surface area contributed by atoms with Crippen LogP contribution in [-0.2, 0) is 0 Å². The third kappa shape index (κ3) is 2.51. The topological polar surface area (TPSA) is 39.9 Å². The molecule has 0 saturated heterocycles. The minimum Gasteiger partial charge on any atom is -0.496 e.